The summed E-state index contributed by atoms with van der Waals surface area (Å²) < 4.78 is 13.6. The Labute approximate surface area is 146 Å². The lowest BCUT2D eigenvalue weighted by molar-refractivity contribution is 0.610. The zero-order valence-electron chi connectivity index (χ0n) is 14.6. The highest BCUT2D eigenvalue weighted by molar-refractivity contribution is 5.82. The van der Waals surface area contributed by atoms with Gasteiger partial charge in [0.25, 0.3) is 5.56 Å². The molecular weight excluding hydrogens is 315 g/mol. The van der Waals surface area contributed by atoms with Gasteiger partial charge in [-0.25, -0.2) is 4.39 Å². The van der Waals surface area contributed by atoms with Gasteiger partial charge in [-0.2, -0.15) is 0 Å². The van der Waals surface area contributed by atoms with Crippen molar-refractivity contribution in [3.05, 3.63) is 82.0 Å². The fourth-order valence-electron chi connectivity index (χ4n) is 2.69. The Balaban J connectivity index is 2.35. The molecule has 1 aromatic heterocycles. The van der Waals surface area contributed by atoms with Gasteiger partial charge in [-0.05, 0) is 37.2 Å². The fraction of sp³-hybridized carbons (Fsp3) is 0.190. The number of fused-ring (bicyclic) bond motifs is 1. The van der Waals surface area contributed by atoms with E-state index < -0.39 is 5.82 Å². The first-order valence-electron chi connectivity index (χ1n) is 8.16. The Kier molecular flexibility index (Phi) is 6.12. The second-order valence-electron chi connectivity index (χ2n) is 5.90. The van der Waals surface area contributed by atoms with Crippen molar-refractivity contribution >= 4 is 23.6 Å². The molecule has 0 saturated heterocycles. The normalized spacial score (nSPS) is 15.1. The molecule has 0 aliphatic carbocycles. The molecule has 1 heterocycles. The summed E-state index contributed by atoms with van der Waals surface area (Å²) in [5.74, 6) is 0.143. The molecule has 2 rings (SSSR count). The van der Waals surface area contributed by atoms with Gasteiger partial charge in [0.2, 0.25) is 0 Å². The van der Waals surface area contributed by atoms with E-state index in [0.29, 0.717) is 21.3 Å². The number of allylic oxidation sites excluding steroid dienone is 4. The second kappa shape index (κ2) is 8.29. The number of nitrogens with one attached hydrogen (secondary N) is 2. The van der Waals surface area contributed by atoms with E-state index in [0.717, 1.165) is 0 Å². The molecule has 0 fully saturated rings. The van der Waals surface area contributed by atoms with Crippen LogP contribution in [0.3, 0.4) is 0 Å². The third kappa shape index (κ3) is 4.35. The van der Waals surface area contributed by atoms with E-state index in [1.54, 1.807) is 6.20 Å². The molecule has 2 unspecified atom stereocenters. The van der Waals surface area contributed by atoms with Crippen LogP contribution in [-0.4, -0.2) is 4.98 Å². The highest BCUT2D eigenvalue weighted by Crippen LogP contribution is 2.15. The van der Waals surface area contributed by atoms with Crippen LogP contribution in [0, 0.1) is 17.7 Å². The number of benzene rings is 1. The van der Waals surface area contributed by atoms with E-state index in [9.17, 15) is 9.18 Å². The topological polar surface area (TPSA) is 44.9 Å². The molecule has 2 aromatic rings. The van der Waals surface area contributed by atoms with Crippen LogP contribution in [0.15, 0.2) is 60.1 Å². The third-order valence-electron chi connectivity index (χ3n) is 4.12. The molecule has 4 heteroatoms. The Morgan fingerprint density at radius 1 is 1.28 bits per heavy atom. The summed E-state index contributed by atoms with van der Waals surface area (Å²) in [5.41, 5.74) is -0.276. The van der Waals surface area contributed by atoms with Crippen LogP contribution in [0.25, 0.3) is 23.6 Å². The predicted molar refractivity (Wildman–Crippen MR) is 104 cm³/mol. The van der Waals surface area contributed by atoms with Crippen molar-refractivity contribution in [3.8, 4) is 0 Å². The summed E-state index contributed by atoms with van der Waals surface area (Å²) >= 11 is 0. The van der Waals surface area contributed by atoms with Crippen LogP contribution >= 0.6 is 0 Å². The van der Waals surface area contributed by atoms with Crippen LogP contribution in [0.2, 0.25) is 0 Å². The van der Waals surface area contributed by atoms with Gasteiger partial charge < -0.3 is 10.3 Å². The maximum Gasteiger partial charge on any atom is 0.256 e. The van der Waals surface area contributed by atoms with Crippen molar-refractivity contribution in [3.63, 3.8) is 0 Å². The minimum atomic E-state index is -0.392. The quantitative estimate of drug-likeness (QED) is 0.796. The zero-order chi connectivity index (χ0) is 18.4. The number of aromatic amines is 1. The molecule has 2 atom stereocenters. The van der Waals surface area contributed by atoms with E-state index >= 15 is 0 Å². The molecule has 3 nitrogen and oxygen atoms in total. The molecule has 2 N–H and O–H groups in total. The molecule has 0 aliphatic heterocycles. The van der Waals surface area contributed by atoms with Crippen molar-refractivity contribution in [1.29, 1.82) is 0 Å². The number of aromatic nitrogens is 1. The fourth-order valence-corrected chi connectivity index (χ4v) is 2.69. The molecule has 0 saturated carbocycles. The summed E-state index contributed by atoms with van der Waals surface area (Å²) in [5, 5.41) is 5.13. The Morgan fingerprint density at radius 2 is 2.04 bits per heavy atom. The molecule has 1 aromatic carbocycles. The van der Waals surface area contributed by atoms with Gasteiger partial charge in [-0.3, -0.25) is 4.79 Å². The first kappa shape index (κ1) is 18.5. The Morgan fingerprint density at radius 3 is 2.72 bits per heavy atom. The van der Waals surface area contributed by atoms with Crippen molar-refractivity contribution in [2.24, 2.45) is 11.8 Å². The lowest BCUT2D eigenvalue weighted by atomic mass is 9.94. The van der Waals surface area contributed by atoms with Gasteiger partial charge in [-0.1, -0.05) is 37.8 Å². The Hall–Kier alpha value is -2.88. The van der Waals surface area contributed by atoms with Gasteiger partial charge in [-0.15, -0.1) is 6.58 Å². The van der Waals surface area contributed by atoms with Gasteiger partial charge in [0.1, 0.15) is 5.82 Å². The molecule has 0 amide bonds. The monoisotopic (exact) mass is 338 g/mol. The summed E-state index contributed by atoms with van der Waals surface area (Å²) in [6.07, 6.45) is 11.6. The number of pyridine rings is 1. The van der Waals surface area contributed by atoms with Gasteiger partial charge >= 0.3 is 0 Å². The maximum atomic E-state index is 13.6. The standard InChI is InChI=1S/C21H23FN2O/c1-5-7-16(6-2)14(3)10-11-23-13-20-15(4)24-21(25)18-9-8-17(22)12-19(18)20/h5-14,16,23H,2,4H2,1,3H3,(H,24,25)/b7-5+,11-10+,20-13+. The zero-order valence-corrected chi connectivity index (χ0v) is 14.6. The molecule has 0 spiro atoms. The molecular formula is C21H23FN2O. The minimum Gasteiger partial charge on any atom is -0.367 e. The van der Waals surface area contributed by atoms with Crippen molar-refractivity contribution in [2.45, 2.75) is 13.8 Å². The maximum absolute atomic E-state index is 13.6. The van der Waals surface area contributed by atoms with E-state index in [1.807, 2.05) is 31.4 Å². The van der Waals surface area contributed by atoms with E-state index in [4.69, 9.17) is 0 Å². The number of H-pyrrole nitrogens is 1. The van der Waals surface area contributed by atoms with Gasteiger partial charge in [0.15, 0.2) is 0 Å². The molecule has 25 heavy (non-hydrogen) atoms. The minimum absolute atomic E-state index is 0.259. The predicted octanol–water partition coefficient (Wildman–Crippen LogP) is 2.93. The van der Waals surface area contributed by atoms with Crippen LogP contribution in [-0.2, 0) is 0 Å². The summed E-state index contributed by atoms with van der Waals surface area (Å²) in [4.78, 5) is 14.7. The van der Waals surface area contributed by atoms with Crippen LogP contribution < -0.4 is 21.4 Å². The lowest BCUT2D eigenvalue weighted by Crippen LogP contribution is -2.35. The van der Waals surface area contributed by atoms with E-state index in [2.05, 4.69) is 36.5 Å². The molecule has 0 radical (unpaired) electrons. The van der Waals surface area contributed by atoms with Crippen LogP contribution in [0.5, 0.6) is 0 Å². The average Bonchev–Trinajstić information content (AvgIpc) is 2.58. The van der Waals surface area contributed by atoms with E-state index in [-0.39, 0.29) is 17.4 Å². The molecule has 0 aliphatic rings. The third-order valence-corrected chi connectivity index (χ3v) is 4.12. The summed E-state index contributed by atoms with van der Waals surface area (Å²) in [6.45, 7) is 11.8. The number of hydrogen-bond acceptors (Lipinski definition) is 2. The summed E-state index contributed by atoms with van der Waals surface area (Å²) in [7, 11) is 0. The Bertz CT molecular complexity index is 985. The largest absolute Gasteiger partial charge is 0.367 e. The number of rotatable bonds is 6. The van der Waals surface area contributed by atoms with Crippen molar-refractivity contribution in [1.82, 2.24) is 10.3 Å². The van der Waals surface area contributed by atoms with Crippen molar-refractivity contribution < 1.29 is 4.39 Å². The number of halogens is 1. The summed E-state index contributed by atoms with van der Waals surface area (Å²) in [6, 6.07) is 4.10. The average molecular weight is 338 g/mol. The molecule has 0 bridgehead atoms. The van der Waals surface area contributed by atoms with Crippen molar-refractivity contribution in [2.75, 3.05) is 0 Å². The smallest absolute Gasteiger partial charge is 0.256 e. The van der Waals surface area contributed by atoms with Gasteiger partial charge in [0, 0.05) is 33.5 Å². The SMILES string of the molecule is C=CC(/C=C/C)C(C)/C=C/N/C=c1\c(=C)[nH]c(=O)c2ccc(F)cc12. The molecule has 130 valence electrons. The van der Waals surface area contributed by atoms with E-state index in [1.165, 1.54) is 18.2 Å². The second-order valence-corrected chi connectivity index (χ2v) is 5.90. The first-order chi connectivity index (χ1) is 12.0. The highest BCUT2D eigenvalue weighted by atomic mass is 19.1. The van der Waals surface area contributed by atoms with Crippen LogP contribution in [0.1, 0.15) is 13.8 Å². The highest BCUT2D eigenvalue weighted by Gasteiger charge is 2.06. The lowest BCUT2D eigenvalue weighted by Gasteiger charge is -2.12. The number of hydrogen-bond donors (Lipinski definition) is 2. The first-order valence-corrected chi connectivity index (χ1v) is 8.16. The van der Waals surface area contributed by atoms with Crippen LogP contribution in [0.4, 0.5) is 4.39 Å². The van der Waals surface area contributed by atoms with Gasteiger partial charge in [0.05, 0.1) is 0 Å².